The van der Waals surface area contributed by atoms with Gasteiger partial charge in [0.05, 0.1) is 5.56 Å². The molecule has 1 aromatic carbocycles. The minimum absolute atomic E-state index is 0.431. The number of nitriles is 1. The quantitative estimate of drug-likeness (QED) is 0.783. The zero-order valence-corrected chi connectivity index (χ0v) is 10.3. The number of aromatic amines is 1. The molecule has 0 spiro atoms. The van der Waals surface area contributed by atoms with E-state index in [1.807, 2.05) is 0 Å². The van der Waals surface area contributed by atoms with Crippen LogP contribution in [0.15, 0.2) is 18.2 Å². The minimum Gasteiger partial charge on any atom is -0.384 e. The van der Waals surface area contributed by atoms with E-state index in [1.54, 1.807) is 6.07 Å². The Bertz CT molecular complexity index is 615. The summed E-state index contributed by atoms with van der Waals surface area (Å²) in [6, 6.07) is 8.14. The topological polar surface area (TPSA) is 65.6 Å². The molecule has 3 N–H and O–H groups in total. The van der Waals surface area contributed by atoms with Gasteiger partial charge in [-0.15, -0.1) is 0 Å². The van der Waals surface area contributed by atoms with Crippen LogP contribution in [0, 0.1) is 32.1 Å². The van der Waals surface area contributed by atoms with E-state index in [9.17, 15) is 0 Å². The van der Waals surface area contributed by atoms with Crippen molar-refractivity contribution in [2.24, 2.45) is 0 Å². The molecule has 3 heteroatoms. The molecule has 0 saturated heterocycles. The summed E-state index contributed by atoms with van der Waals surface area (Å²) in [7, 11) is 0. The molecule has 0 unspecified atom stereocenters. The van der Waals surface area contributed by atoms with E-state index in [0.717, 1.165) is 11.3 Å². The average molecular weight is 225 g/mol. The fraction of sp³-hybridized carbons (Fsp3) is 0.214. The van der Waals surface area contributed by atoms with Crippen LogP contribution in [0.25, 0.3) is 11.3 Å². The molecule has 0 fully saturated rings. The molecule has 1 aromatic heterocycles. The third kappa shape index (κ3) is 1.90. The predicted molar refractivity (Wildman–Crippen MR) is 69.6 cm³/mol. The van der Waals surface area contributed by atoms with Gasteiger partial charge in [0.25, 0.3) is 0 Å². The van der Waals surface area contributed by atoms with Crippen molar-refractivity contribution < 1.29 is 0 Å². The summed E-state index contributed by atoms with van der Waals surface area (Å²) in [4.78, 5) is 3.05. The van der Waals surface area contributed by atoms with E-state index in [0.29, 0.717) is 11.4 Å². The second kappa shape index (κ2) is 3.99. The highest BCUT2D eigenvalue weighted by molar-refractivity contribution is 5.71. The number of benzene rings is 1. The van der Waals surface area contributed by atoms with Gasteiger partial charge in [0, 0.05) is 11.3 Å². The van der Waals surface area contributed by atoms with Gasteiger partial charge >= 0.3 is 0 Å². The Hall–Kier alpha value is -2.21. The highest BCUT2D eigenvalue weighted by atomic mass is 14.9. The number of H-pyrrole nitrogens is 1. The fourth-order valence-corrected chi connectivity index (χ4v) is 1.96. The van der Waals surface area contributed by atoms with Crippen LogP contribution in [-0.4, -0.2) is 4.98 Å². The zero-order chi connectivity index (χ0) is 12.6. The summed E-state index contributed by atoms with van der Waals surface area (Å²) < 4.78 is 0. The molecular formula is C14H15N3. The van der Waals surface area contributed by atoms with Crippen LogP contribution in [-0.2, 0) is 0 Å². The van der Waals surface area contributed by atoms with Crippen LogP contribution < -0.4 is 5.73 Å². The van der Waals surface area contributed by atoms with E-state index in [4.69, 9.17) is 11.0 Å². The predicted octanol–water partition coefficient (Wildman–Crippen LogP) is 3.06. The van der Waals surface area contributed by atoms with E-state index in [-0.39, 0.29) is 0 Å². The number of nitrogen functional groups attached to an aromatic ring is 1. The Balaban J connectivity index is 2.61. The molecule has 0 aliphatic rings. The molecule has 0 radical (unpaired) electrons. The molecule has 17 heavy (non-hydrogen) atoms. The number of hydrogen-bond donors (Lipinski definition) is 2. The SMILES string of the molecule is Cc1cc(C)c(-c2cc(C#N)c(N)[nH]2)cc1C. The number of nitrogens with two attached hydrogens (primary N) is 1. The first kappa shape index (κ1) is 11.3. The van der Waals surface area contributed by atoms with Gasteiger partial charge in [-0.3, -0.25) is 0 Å². The largest absolute Gasteiger partial charge is 0.384 e. The number of hydrogen-bond acceptors (Lipinski definition) is 2. The Labute approximate surface area is 101 Å². The molecule has 0 bridgehead atoms. The van der Waals surface area contributed by atoms with Crippen LogP contribution in [0.5, 0.6) is 0 Å². The van der Waals surface area contributed by atoms with Gasteiger partial charge < -0.3 is 10.7 Å². The van der Waals surface area contributed by atoms with E-state index >= 15 is 0 Å². The fourth-order valence-electron chi connectivity index (χ4n) is 1.96. The van der Waals surface area contributed by atoms with Gasteiger partial charge in [-0.05, 0) is 49.6 Å². The van der Waals surface area contributed by atoms with Crippen molar-refractivity contribution in [3.63, 3.8) is 0 Å². The minimum atomic E-state index is 0.431. The highest BCUT2D eigenvalue weighted by Crippen LogP contribution is 2.28. The highest BCUT2D eigenvalue weighted by Gasteiger charge is 2.09. The van der Waals surface area contributed by atoms with Gasteiger partial charge in [0.2, 0.25) is 0 Å². The molecule has 1 heterocycles. The van der Waals surface area contributed by atoms with E-state index < -0.39 is 0 Å². The number of rotatable bonds is 1. The van der Waals surface area contributed by atoms with Gasteiger partial charge in [-0.1, -0.05) is 6.07 Å². The summed E-state index contributed by atoms with van der Waals surface area (Å²) in [6.07, 6.45) is 0. The molecule has 0 atom stereocenters. The van der Waals surface area contributed by atoms with Crippen molar-refractivity contribution in [3.05, 3.63) is 40.5 Å². The number of nitrogens with one attached hydrogen (secondary N) is 1. The van der Waals surface area contributed by atoms with Gasteiger partial charge in [-0.2, -0.15) is 5.26 Å². The standard InChI is InChI=1S/C14H15N3/c1-8-4-10(3)12(5-9(8)2)13-6-11(7-15)14(16)17-13/h4-6,17H,16H2,1-3H3. The Morgan fingerprint density at radius 3 is 2.29 bits per heavy atom. The third-order valence-electron chi connectivity index (χ3n) is 3.10. The van der Waals surface area contributed by atoms with Crippen LogP contribution in [0.1, 0.15) is 22.3 Å². The van der Waals surface area contributed by atoms with Crippen LogP contribution in [0.3, 0.4) is 0 Å². The van der Waals surface area contributed by atoms with Crippen LogP contribution in [0.2, 0.25) is 0 Å². The lowest BCUT2D eigenvalue weighted by atomic mass is 9.99. The average Bonchev–Trinajstić information content (AvgIpc) is 2.65. The smallest absolute Gasteiger partial charge is 0.119 e. The van der Waals surface area contributed by atoms with Gasteiger partial charge in [0.1, 0.15) is 11.9 Å². The lowest BCUT2D eigenvalue weighted by Crippen LogP contribution is -1.90. The van der Waals surface area contributed by atoms with Crippen molar-refractivity contribution in [2.75, 3.05) is 5.73 Å². The maximum absolute atomic E-state index is 8.90. The maximum Gasteiger partial charge on any atom is 0.119 e. The molecule has 0 saturated carbocycles. The Kier molecular flexibility index (Phi) is 2.64. The molecule has 3 nitrogen and oxygen atoms in total. The third-order valence-corrected chi connectivity index (χ3v) is 3.10. The molecule has 0 aliphatic carbocycles. The number of aryl methyl sites for hydroxylation is 3. The maximum atomic E-state index is 8.90. The molecule has 86 valence electrons. The Morgan fingerprint density at radius 2 is 1.71 bits per heavy atom. The lowest BCUT2D eigenvalue weighted by Gasteiger charge is -2.08. The second-order valence-electron chi connectivity index (χ2n) is 4.37. The van der Waals surface area contributed by atoms with Gasteiger partial charge in [0.15, 0.2) is 0 Å². The summed E-state index contributed by atoms with van der Waals surface area (Å²) in [5.41, 5.74) is 11.9. The van der Waals surface area contributed by atoms with Crippen LogP contribution >= 0.6 is 0 Å². The van der Waals surface area contributed by atoms with Crippen molar-refractivity contribution in [3.8, 4) is 17.3 Å². The number of aromatic nitrogens is 1. The number of anilines is 1. The summed E-state index contributed by atoms with van der Waals surface area (Å²) in [6.45, 7) is 6.23. The Morgan fingerprint density at radius 1 is 1.06 bits per heavy atom. The monoisotopic (exact) mass is 225 g/mol. The molecule has 2 rings (SSSR count). The second-order valence-corrected chi connectivity index (χ2v) is 4.37. The van der Waals surface area contributed by atoms with Crippen LogP contribution in [0.4, 0.5) is 5.82 Å². The summed E-state index contributed by atoms with van der Waals surface area (Å²) in [5, 5.41) is 8.90. The zero-order valence-electron chi connectivity index (χ0n) is 10.3. The molecule has 0 aliphatic heterocycles. The molecule has 0 amide bonds. The first-order valence-corrected chi connectivity index (χ1v) is 5.49. The lowest BCUT2D eigenvalue weighted by molar-refractivity contribution is 1.28. The van der Waals surface area contributed by atoms with Crippen molar-refractivity contribution in [1.82, 2.24) is 4.98 Å². The first-order valence-electron chi connectivity index (χ1n) is 5.49. The van der Waals surface area contributed by atoms with Gasteiger partial charge in [-0.25, -0.2) is 0 Å². The summed E-state index contributed by atoms with van der Waals surface area (Å²) in [5.74, 6) is 0.431. The first-order chi connectivity index (χ1) is 8.02. The van der Waals surface area contributed by atoms with E-state index in [1.165, 1.54) is 16.7 Å². The normalized spacial score (nSPS) is 10.2. The summed E-state index contributed by atoms with van der Waals surface area (Å²) >= 11 is 0. The molecule has 2 aromatic rings. The van der Waals surface area contributed by atoms with Crippen molar-refractivity contribution >= 4 is 5.82 Å². The van der Waals surface area contributed by atoms with Crippen molar-refractivity contribution in [1.29, 1.82) is 5.26 Å². The molecular weight excluding hydrogens is 210 g/mol. The number of nitrogens with zero attached hydrogens (tertiary/aromatic N) is 1. The van der Waals surface area contributed by atoms with E-state index in [2.05, 4.69) is 44.0 Å². The van der Waals surface area contributed by atoms with Crippen molar-refractivity contribution in [2.45, 2.75) is 20.8 Å².